The van der Waals surface area contributed by atoms with Crippen molar-refractivity contribution in [1.29, 1.82) is 0 Å². The van der Waals surface area contributed by atoms with Crippen LogP contribution in [0.4, 0.5) is 0 Å². The minimum absolute atomic E-state index is 0.0324. The van der Waals surface area contributed by atoms with E-state index in [2.05, 4.69) is 4.98 Å². The first-order chi connectivity index (χ1) is 11.1. The minimum atomic E-state index is -0.927. The van der Waals surface area contributed by atoms with Gasteiger partial charge >= 0.3 is 5.97 Å². The zero-order valence-corrected chi connectivity index (χ0v) is 12.4. The number of benzene rings is 2. The molecule has 5 nitrogen and oxygen atoms in total. The summed E-state index contributed by atoms with van der Waals surface area (Å²) in [6, 6.07) is 13.2. The van der Waals surface area contributed by atoms with Crippen LogP contribution in [0.2, 0.25) is 0 Å². The molecule has 1 aromatic heterocycles. The highest BCUT2D eigenvalue weighted by Crippen LogP contribution is 2.20. The van der Waals surface area contributed by atoms with Gasteiger partial charge in [0.2, 0.25) is 5.78 Å². The second-order valence-corrected chi connectivity index (χ2v) is 5.21. The number of phenolic OH excluding ortho intramolecular Hbond substituents is 1. The van der Waals surface area contributed by atoms with Crippen LogP contribution in [0.15, 0.2) is 54.7 Å². The number of carbonyl (C=O) groups is 2. The molecule has 5 heteroatoms. The van der Waals surface area contributed by atoms with Crippen LogP contribution in [0.5, 0.6) is 5.75 Å². The zero-order valence-electron chi connectivity index (χ0n) is 12.4. The van der Waals surface area contributed by atoms with E-state index in [1.54, 1.807) is 6.20 Å². The Morgan fingerprint density at radius 2 is 1.91 bits per heavy atom. The molecule has 3 aromatic rings. The maximum Gasteiger partial charge on any atom is 0.338 e. The molecule has 3 rings (SSSR count). The monoisotopic (exact) mass is 309 g/mol. The van der Waals surface area contributed by atoms with E-state index in [1.807, 2.05) is 24.3 Å². The van der Waals surface area contributed by atoms with Crippen molar-refractivity contribution in [3.8, 4) is 5.75 Å². The van der Waals surface area contributed by atoms with Gasteiger partial charge in [0.15, 0.2) is 6.10 Å². The number of carbonyl (C=O) groups excluding carboxylic acids is 2. The number of hydrogen-bond donors (Lipinski definition) is 2. The Morgan fingerprint density at radius 3 is 2.70 bits per heavy atom. The molecule has 116 valence electrons. The Bertz CT molecular complexity index is 881. The molecule has 0 saturated carbocycles. The first-order valence-electron chi connectivity index (χ1n) is 7.16. The summed E-state index contributed by atoms with van der Waals surface area (Å²) < 4.78 is 5.21. The van der Waals surface area contributed by atoms with E-state index < -0.39 is 12.1 Å². The van der Waals surface area contributed by atoms with E-state index in [9.17, 15) is 14.7 Å². The van der Waals surface area contributed by atoms with Crippen molar-refractivity contribution in [3.05, 3.63) is 65.9 Å². The molecule has 2 N–H and O–H groups in total. The van der Waals surface area contributed by atoms with Crippen LogP contribution in [-0.4, -0.2) is 27.9 Å². The topological polar surface area (TPSA) is 79.4 Å². The lowest BCUT2D eigenvalue weighted by molar-refractivity contribution is 0.0319. The van der Waals surface area contributed by atoms with Crippen LogP contribution in [-0.2, 0) is 4.74 Å². The van der Waals surface area contributed by atoms with Gasteiger partial charge in [0, 0.05) is 22.7 Å². The summed E-state index contributed by atoms with van der Waals surface area (Å²) in [4.78, 5) is 27.6. The number of aromatic hydroxyl groups is 1. The number of aromatic nitrogens is 1. The molecule has 0 aliphatic rings. The Morgan fingerprint density at radius 1 is 1.13 bits per heavy atom. The molecule has 0 saturated heterocycles. The molecule has 0 aliphatic carbocycles. The number of esters is 1. The third kappa shape index (κ3) is 2.94. The Balaban J connectivity index is 1.79. The maximum absolute atomic E-state index is 12.5. The van der Waals surface area contributed by atoms with E-state index in [-0.39, 0.29) is 17.1 Å². The van der Waals surface area contributed by atoms with Crippen molar-refractivity contribution in [1.82, 2.24) is 4.98 Å². The smallest absolute Gasteiger partial charge is 0.338 e. The fourth-order valence-electron chi connectivity index (χ4n) is 2.41. The molecule has 0 bridgehead atoms. The zero-order chi connectivity index (χ0) is 16.4. The normalized spacial score (nSPS) is 12.0. The average molecular weight is 309 g/mol. The molecule has 23 heavy (non-hydrogen) atoms. The van der Waals surface area contributed by atoms with Crippen molar-refractivity contribution in [3.63, 3.8) is 0 Å². The van der Waals surface area contributed by atoms with Crippen molar-refractivity contribution in [2.24, 2.45) is 0 Å². The standard InChI is InChI=1S/C18H15NO4/c1-11(23-18(22)12-5-4-6-13(20)9-12)17(21)15-10-19-16-8-3-2-7-14(15)16/h2-11,19-20H,1H3/t11-/m0/s1. The van der Waals surface area contributed by atoms with Crippen LogP contribution in [0, 0.1) is 0 Å². The number of phenols is 1. The minimum Gasteiger partial charge on any atom is -0.508 e. The van der Waals surface area contributed by atoms with Crippen molar-refractivity contribution < 1.29 is 19.4 Å². The average Bonchev–Trinajstić information content (AvgIpc) is 2.98. The molecular formula is C18H15NO4. The fraction of sp³-hybridized carbons (Fsp3) is 0.111. The van der Waals surface area contributed by atoms with Gasteiger partial charge in [0.1, 0.15) is 5.75 Å². The summed E-state index contributed by atoms with van der Waals surface area (Å²) in [5, 5.41) is 10.2. The van der Waals surface area contributed by atoms with Crippen LogP contribution < -0.4 is 0 Å². The lowest BCUT2D eigenvalue weighted by atomic mass is 10.1. The first kappa shape index (κ1) is 14.8. The van der Waals surface area contributed by atoms with Gasteiger partial charge in [-0.05, 0) is 31.2 Å². The summed E-state index contributed by atoms with van der Waals surface area (Å²) in [5.74, 6) is -0.965. The summed E-state index contributed by atoms with van der Waals surface area (Å²) in [5.41, 5.74) is 1.53. The van der Waals surface area contributed by atoms with Crippen LogP contribution in [0.1, 0.15) is 27.6 Å². The highest BCUT2D eigenvalue weighted by Gasteiger charge is 2.22. The molecule has 0 radical (unpaired) electrons. The number of ketones is 1. The number of para-hydroxylation sites is 1. The summed E-state index contributed by atoms with van der Waals surface area (Å²) in [6.07, 6.45) is 0.690. The van der Waals surface area contributed by atoms with Crippen LogP contribution in [0.25, 0.3) is 10.9 Å². The van der Waals surface area contributed by atoms with Crippen molar-refractivity contribution in [2.45, 2.75) is 13.0 Å². The predicted octanol–water partition coefficient (Wildman–Crippen LogP) is 3.30. The number of hydrogen-bond acceptors (Lipinski definition) is 4. The van der Waals surface area contributed by atoms with Gasteiger partial charge in [-0.1, -0.05) is 24.3 Å². The number of rotatable bonds is 4. The third-order valence-corrected chi connectivity index (χ3v) is 3.59. The third-order valence-electron chi connectivity index (χ3n) is 3.59. The number of Topliss-reactive ketones (excluding diaryl/α,β-unsaturated/α-hetero) is 1. The van der Waals surface area contributed by atoms with Crippen LogP contribution >= 0.6 is 0 Å². The molecule has 0 fully saturated rings. The van der Waals surface area contributed by atoms with Gasteiger partial charge in [-0.25, -0.2) is 4.79 Å². The highest BCUT2D eigenvalue weighted by atomic mass is 16.5. The lowest BCUT2D eigenvalue weighted by Crippen LogP contribution is -2.24. The van der Waals surface area contributed by atoms with Gasteiger partial charge in [0.25, 0.3) is 0 Å². The number of fused-ring (bicyclic) bond motifs is 1. The molecule has 0 amide bonds. The number of ether oxygens (including phenoxy) is 1. The summed E-state index contributed by atoms with van der Waals surface area (Å²) in [7, 11) is 0. The van der Waals surface area contributed by atoms with Gasteiger partial charge in [-0.2, -0.15) is 0 Å². The Labute approximate surface area is 132 Å². The van der Waals surface area contributed by atoms with E-state index >= 15 is 0 Å². The van der Waals surface area contributed by atoms with Gasteiger partial charge in [-0.15, -0.1) is 0 Å². The molecule has 0 spiro atoms. The molecule has 1 atom stereocenters. The molecule has 2 aromatic carbocycles. The van der Waals surface area contributed by atoms with E-state index in [0.29, 0.717) is 5.56 Å². The SMILES string of the molecule is C[C@H](OC(=O)c1cccc(O)c1)C(=O)c1c[nH]c2ccccc12. The number of aromatic amines is 1. The number of nitrogens with one attached hydrogen (secondary N) is 1. The maximum atomic E-state index is 12.5. The predicted molar refractivity (Wildman–Crippen MR) is 85.6 cm³/mol. The molecule has 1 heterocycles. The highest BCUT2D eigenvalue weighted by molar-refractivity contribution is 6.10. The van der Waals surface area contributed by atoms with Crippen LogP contribution in [0.3, 0.4) is 0 Å². The lowest BCUT2D eigenvalue weighted by Gasteiger charge is -2.12. The fourth-order valence-corrected chi connectivity index (χ4v) is 2.41. The second-order valence-electron chi connectivity index (χ2n) is 5.21. The molecule has 0 unspecified atom stereocenters. The van der Waals surface area contributed by atoms with E-state index in [1.165, 1.54) is 31.2 Å². The van der Waals surface area contributed by atoms with E-state index in [0.717, 1.165) is 10.9 Å². The molecular weight excluding hydrogens is 294 g/mol. The second kappa shape index (κ2) is 5.96. The molecule has 0 aliphatic heterocycles. The first-order valence-corrected chi connectivity index (χ1v) is 7.16. The number of H-pyrrole nitrogens is 1. The van der Waals surface area contributed by atoms with Crippen molar-refractivity contribution in [2.75, 3.05) is 0 Å². The van der Waals surface area contributed by atoms with Gasteiger partial charge in [-0.3, -0.25) is 4.79 Å². The van der Waals surface area contributed by atoms with Gasteiger partial charge < -0.3 is 14.8 Å². The van der Waals surface area contributed by atoms with Gasteiger partial charge in [0.05, 0.1) is 5.56 Å². The Hall–Kier alpha value is -3.08. The summed E-state index contributed by atoms with van der Waals surface area (Å²) in [6.45, 7) is 1.53. The van der Waals surface area contributed by atoms with E-state index in [4.69, 9.17) is 4.74 Å². The largest absolute Gasteiger partial charge is 0.508 e. The van der Waals surface area contributed by atoms with Crippen molar-refractivity contribution >= 4 is 22.7 Å². The summed E-state index contributed by atoms with van der Waals surface area (Å²) >= 11 is 0. The Kier molecular flexibility index (Phi) is 3.85. The quantitative estimate of drug-likeness (QED) is 0.572.